The van der Waals surface area contributed by atoms with E-state index in [1.807, 2.05) is 0 Å². The minimum absolute atomic E-state index is 0.134. The van der Waals surface area contributed by atoms with Gasteiger partial charge in [-0.2, -0.15) is 0 Å². The standard InChI is InChI=1S/C20H23FN2O4S/c1-13-8-14(10-15(21)9-13)20(24)22-16-6-7-17(11-16)23-28(25,26)19-5-3-4-18(12-19)27-2/h3-5,8-10,12,16-17,23H,6-7,11H2,1-2H3,(H,22,24). The lowest BCUT2D eigenvalue weighted by Gasteiger charge is -2.15. The van der Waals surface area contributed by atoms with Crippen LogP contribution in [0.5, 0.6) is 5.75 Å². The Kier molecular flexibility index (Phi) is 6.00. The molecule has 6 nitrogen and oxygen atoms in total. The summed E-state index contributed by atoms with van der Waals surface area (Å²) in [6.07, 6.45) is 1.73. The van der Waals surface area contributed by atoms with Crippen LogP contribution in [0.15, 0.2) is 47.4 Å². The van der Waals surface area contributed by atoms with Crippen molar-refractivity contribution in [3.05, 3.63) is 59.4 Å². The average Bonchev–Trinajstić information content (AvgIpc) is 3.07. The molecule has 0 radical (unpaired) electrons. The molecule has 2 aromatic carbocycles. The fourth-order valence-electron chi connectivity index (χ4n) is 3.41. The van der Waals surface area contributed by atoms with Crippen LogP contribution in [0, 0.1) is 12.7 Å². The lowest BCUT2D eigenvalue weighted by atomic mass is 10.1. The number of amides is 1. The molecule has 150 valence electrons. The van der Waals surface area contributed by atoms with Gasteiger partial charge in [-0.25, -0.2) is 17.5 Å². The number of benzene rings is 2. The van der Waals surface area contributed by atoms with E-state index in [1.165, 1.54) is 31.4 Å². The Labute approximate surface area is 164 Å². The normalized spacial score (nSPS) is 19.4. The van der Waals surface area contributed by atoms with Crippen molar-refractivity contribution in [3.63, 3.8) is 0 Å². The molecule has 1 fully saturated rings. The van der Waals surface area contributed by atoms with E-state index in [9.17, 15) is 17.6 Å². The minimum atomic E-state index is -3.68. The van der Waals surface area contributed by atoms with Crippen LogP contribution >= 0.6 is 0 Å². The fourth-order valence-corrected chi connectivity index (χ4v) is 4.73. The molecule has 0 heterocycles. The third-order valence-electron chi connectivity index (χ3n) is 4.75. The summed E-state index contributed by atoms with van der Waals surface area (Å²) in [5.74, 6) is -0.353. The van der Waals surface area contributed by atoms with Crippen molar-refractivity contribution in [1.82, 2.24) is 10.0 Å². The molecule has 1 amide bonds. The number of methoxy groups -OCH3 is 1. The van der Waals surface area contributed by atoms with E-state index in [0.717, 1.165) is 0 Å². The lowest BCUT2D eigenvalue weighted by Crippen LogP contribution is -2.37. The quantitative estimate of drug-likeness (QED) is 0.773. The highest BCUT2D eigenvalue weighted by Gasteiger charge is 2.30. The zero-order valence-corrected chi connectivity index (χ0v) is 16.6. The highest BCUT2D eigenvalue weighted by molar-refractivity contribution is 7.89. The molecular formula is C20H23FN2O4S. The zero-order valence-electron chi connectivity index (χ0n) is 15.7. The van der Waals surface area contributed by atoms with Gasteiger partial charge in [-0.15, -0.1) is 0 Å². The monoisotopic (exact) mass is 406 g/mol. The predicted molar refractivity (Wildman–Crippen MR) is 103 cm³/mol. The van der Waals surface area contributed by atoms with E-state index in [4.69, 9.17) is 4.74 Å². The molecule has 2 unspecified atom stereocenters. The molecule has 2 aromatic rings. The SMILES string of the molecule is COc1cccc(S(=O)(=O)NC2CCC(NC(=O)c3cc(C)cc(F)c3)C2)c1. The Hall–Kier alpha value is -2.45. The Morgan fingerprint density at radius 2 is 1.89 bits per heavy atom. The lowest BCUT2D eigenvalue weighted by molar-refractivity contribution is 0.0937. The molecule has 1 saturated carbocycles. The topological polar surface area (TPSA) is 84.5 Å². The highest BCUT2D eigenvalue weighted by atomic mass is 32.2. The van der Waals surface area contributed by atoms with E-state index in [0.29, 0.717) is 30.6 Å². The first-order valence-electron chi connectivity index (χ1n) is 9.01. The van der Waals surface area contributed by atoms with Gasteiger partial charge in [0.05, 0.1) is 12.0 Å². The Balaban J connectivity index is 1.61. The van der Waals surface area contributed by atoms with Gasteiger partial charge in [0.25, 0.3) is 5.91 Å². The number of aryl methyl sites for hydroxylation is 1. The van der Waals surface area contributed by atoms with Crippen LogP contribution in [0.3, 0.4) is 0 Å². The number of ether oxygens (including phenoxy) is 1. The van der Waals surface area contributed by atoms with Gasteiger partial charge in [-0.1, -0.05) is 6.07 Å². The first-order valence-corrected chi connectivity index (χ1v) is 10.5. The summed E-state index contributed by atoms with van der Waals surface area (Å²) in [6.45, 7) is 1.72. The number of sulfonamides is 1. The van der Waals surface area contributed by atoms with Crippen LogP contribution < -0.4 is 14.8 Å². The van der Waals surface area contributed by atoms with E-state index in [-0.39, 0.29) is 28.4 Å². The Morgan fingerprint density at radius 1 is 1.14 bits per heavy atom. The van der Waals surface area contributed by atoms with Crippen LogP contribution in [0.1, 0.15) is 35.2 Å². The van der Waals surface area contributed by atoms with Gasteiger partial charge in [-0.3, -0.25) is 4.79 Å². The van der Waals surface area contributed by atoms with Crippen LogP contribution in [0.2, 0.25) is 0 Å². The molecule has 2 N–H and O–H groups in total. The van der Waals surface area contributed by atoms with Gasteiger partial charge in [0.1, 0.15) is 11.6 Å². The average molecular weight is 406 g/mol. The summed E-state index contributed by atoms with van der Waals surface area (Å²) in [5.41, 5.74) is 0.929. The maximum atomic E-state index is 13.5. The maximum absolute atomic E-state index is 13.5. The maximum Gasteiger partial charge on any atom is 0.251 e. The van der Waals surface area contributed by atoms with E-state index < -0.39 is 15.8 Å². The van der Waals surface area contributed by atoms with Gasteiger partial charge in [0, 0.05) is 23.7 Å². The van der Waals surface area contributed by atoms with Crippen molar-refractivity contribution >= 4 is 15.9 Å². The molecule has 0 aromatic heterocycles. The second kappa shape index (κ2) is 8.28. The van der Waals surface area contributed by atoms with Gasteiger partial charge in [0.15, 0.2) is 0 Å². The number of hydrogen-bond acceptors (Lipinski definition) is 4. The Bertz CT molecular complexity index is 958. The molecule has 0 saturated heterocycles. The van der Waals surface area contributed by atoms with Crippen molar-refractivity contribution in [2.75, 3.05) is 7.11 Å². The molecular weight excluding hydrogens is 383 g/mol. The van der Waals surface area contributed by atoms with Gasteiger partial charge >= 0.3 is 0 Å². The zero-order chi connectivity index (χ0) is 20.3. The molecule has 3 rings (SSSR count). The van der Waals surface area contributed by atoms with Crippen LogP contribution in [-0.4, -0.2) is 33.5 Å². The number of rotatable bonds is 6. The molecule has 28 heavy (non-hydrogen) atoms. The van der Waals surface area contributed by atoms with Gasteiger partial charge < -0.3 is 10.1 Å². The number of carbonyl (C=O) groups is 1. The smallest absolute Gasteiger partial charge is 0.251 e. The molecule has 2 atom stereocenters. The van der Waals surface area contributed by atoms with Gasteiger partial charge in [0.2, 0.25) is 10.0 Å². The summed E-state index contributed by atoms with van der Waals surface area (Å²) >= 11 is 0. The molecule has 0 spiro atoms. The summed E-state index contributed by atoms with van der Waals surface area (Å²) in [6, 6.07) is 9.98. The summed E-state index contributed by atoms with van der Waals surface area (Å²) < 4.78 is 46.4. The van der Waals surface area contributed by atoms with Crippen molar-refractivity contribution in [2.45, 2.75) is 43.2 Å². The number of hydrogen-bond donors (Lipinski definition) is 2. The Morgan fingerprint density at radius 3 is 2.61 bits per heavy atom. The molecule has 1 aliphatic carbocycles. The summed E-state index contributed by atoms with van der Waals surface area (Å²) in [4.78, 5) is 12.5. The fraction of sp³-hybridized carbons (Fsp3) is 0.350. The molecule has 8 heteroatoms. The third-order valence-corrected chi connectivity index (χ3v) is 6.26. The predicted octanol–water partition coefficient (Wildman–Crippen LogP) is 2.77. The number of nitrogens with one attached hydrogen (secondary N) is 2. The van der Waals surface area contributed by atoms with Crippen LogP contribution in [0.25, 0.3) is 0 Å². The molecule has 1 aliphatic rings. The van der Waals surface area contributed by atoms with E-state index in [2.05, 4.69) is 10.0 Å². The molecule has 0 bridgehead atoms. The largest absolute Gasteiger partial charge is 0.497 e. The van der Waals surface area contributed by atoms with Crippen molar-refractivity contribution in [1.29, 1.82) is 0 Å². The first kappa shape index (κ1) is 20.3. The first-order chi connectivity index (χ1) is 13.3. The van der Waals surface area contributed by atoms with Crippen molar-refractivity contribution < 1.29 is 22.3 Å². The van der Waals surface area contributed by atoms with Gasteiger partial charge in [-0.05, 0) is 62.1 Å². The number of carbonyl (C=O) groups excluding carboxylic acids is 1. The van der Waals surface area contributed by atoms with E-state index >= 15 is 0 Å². The van der Waals surface area contributed by atoms with Crippen molar-refractivity contribution in [3.8, 4) is 5.75 Å². The second-order valence-corrected chi connectivity index (χ2v) is 8.71. The summed E-state index contributed by atoms with van der Waals surface area (Å²) in [7, 11) is -2.21. The van der Waals surface area contributed by atoms with Crippen LogP contribution in [-0.2, 0) is 10.0 Å². The van der Waals surface area contributed by atoms with Crippen molar-refractivity contribution in [2.24, 2.45) is 0 Å². The molecule has 0 aliphatic heterocycles. The minimum Gasteiger partial charge on any atom is -0.497 e. The number of halogens is 1. The summed E-state index contributed by atoms with van der Waals surface area (Å²) in [5, 5.41) is 2.86. The highest BCUT2D eigenvalue weighted by Crippen LogP contribution is 2.23. The second-order valence-electron chi connectivity index (χ2n) is 7.00. The van der Waals surface area contributed by atoms with Crippen LogP contribution in [0.4, 0.5) is 4.39 Å². The third kappa shape index (κ3) is 4.88. The van der Waals surface area contributed by atoms with E-state index in [1.54, 1.807) is 25.1 Å².